The van der Waals surface area contributed by atoms with Crippen LogP contribution in [0.1, 0.15) is 26.2 Å². The molecule has 0 aliphatic carbocycles. The zero-order valence-electron chi connectivity index (χ0n) is 11.2. The second-order valence-electron chi connectivity index (χ2n) is 5.09. The quantitative estimate of drug-likeness (QED) is 0.764. The molecule has 1 aromatic carbocycles. The Morgan fingerprint density at radius 2 is 2.17 bits per heavy atom. The van der Waals surface area contributed by atoms with Gasteiger partial charge in [-0.3, -0.25) is 0 Å². The average molecular weight is 265 g/mol. The van der Waals surface area contributed by atoms with Crippen LogP contribution in [0.2, 0.25) is 0 Å². The molecule has 1 aliphatic rings. The highest BCUT2D eigenvalue weighted by molar-refractivity contribution is 8.00. The minimum absolute atomic E-state index is 0.473. The lowest BCUT2D eigenvalue weighted by Gasteiger charge is -2.22. The Morgan fingerprint density at radius 3 is 2.89 bits per heavy atom. The molecule has 1 fully saturated rings. The molecule has 100 valence electrons. The van der Waals surface area contributed by atoms with Crippen LogP contribution in [0.25, 0.3) is 0 Å². The third-order valence-electron chi connectivity index (χ3n) is 3.31. The molecule has 1 N–H and O–H groups in total. The highest BCUT2D eigenvalue weighted by Gasteiger charge is 2.28. The van der Waals surface area contributed by atoms with Gasteiger partial charge in [-0.15, -0.1) is 0 Å². The van der Waals surface area contributed by atoms with Gasteiger partial charge in [0.25, 0.3) is 0 Å². The van der Waals surface area contributed by atoms with Crippen molar-refractivity contribution in [3.63, 3.8) is 0 Å². The summed E-state index contributed by atoms with van der Waals surface area (Å²) in [5.41, 5.74) is 0. The fraction of sp³-hybridized carbons (Fsp3) is 0.600. The molecule has 0 bridgehead atoms. The van der Waals surface area contributed by atoms with Gasteiger partial charge in [0.15, 0.2) is 0 Å². The van der Waals surface area contributed by atoms with Gasteiger partial charge in [0.05, 0.1) is 6.61 Å². The zero-order chi connectivity index (χ0) is 12.7. The van der Waals surface area contributed by atoms with Crippen molar-refractivity contribution in [1.29, 1.82) is 0 Å². The summed E-state index contributed by atoms with van der Waals surface area (Å²) in [6, 6.07) is 10.0. The SMILES string of the molecule is CC1(CNCCCOc2ccccc2)CCCS1. The lowest BCUT2D eigenvalue weighted by atomic mass is 10.1. The lowest BCUT2D eigenvalue weighted by molar-refractivity contribution is 0.307. The molecule has 1 aromatic rings. The van der Waals surface area contributed by atoms with E-state index in [9.17, 15) is 0 Å². The molecule has 1 unspecified atom stereocenters. The van der Waals surface area contributed by atoms with Crippen molar-refractivity contribution in [2.45, 2.75) is 30.9 Å². The summed E-state index contributed by atoms with van der Waals surface area (Å²) in [7, 11) is 0. The molecule has 1 saturated heterocycles. The van der Waals surface area contributed by atoms with Crippen LogP contribution in [-0.2, 0) is 0 Å². The summed E-state index contributed by atoms with van der Waals surface area (Å²) in [4.78, 5) is 0. The van der Waals surface area contributed by atoms with E-state index in [1.165, 1.54) is 18.6 Å². The van der Waals surface area contributed by atoms with Crippen LogP contribution in [0.5, 0.6) is 5.75 Å². The molecule has 1 heterocycles. The number of hydrogen-bond acceptors (Lipinski definition) is 3. The van der Waals surface area contributed by atoms with Gasteiger partial charge < -0.3 is 10.1 Å². The van der Waals surface area contributed by atoms with Crippen LogP contribution in [-0.4, -0.2) is 30.2 Å². The molecule has 18 heavy (non-hydrogen) atoms. The molecular formula is C15H23NOS. The van der Waals surface area contributed by atoms with Gasteiger partial charge >= 0.3 is 0 Å². The van der Waals surface area contributed by atoms with Crippen molar-refractivity contribution in [1.82, 2.24) is 5.32 Å². The number of ether oxygens (including phenoxy) is 1. The number of benzene rings is 1. The van der Waals surface area contributed by atoms with E-state index >= 15 is 0 Å². The molecular weight excluding hydrogens is 242 g/mol. The van der Waals surface area contributed by atoms with E-state index in [1.807, 2.05) is 30.3 Å². The summed E-state index contributed by atoms with van der Waals surface area (Å²) in [5.74, 6) is 2.30. The molecule has 0 saturated carbocycles. The normalized spacial score (nSPS) is 23.2. The van der Waals surface area contributed by atoms with Crippen LogP contribution in [0.4, 0.5) is 0 Å². The molecule has 3 heteroatoms. The van der Waals surface area contributed by atoms with Gasteiger partial charge in [-0.2, -0.15) is 11.8 Å². The third kappa shape index (κ3) is 4.54. The minimum Gasteiger partial charge on any atom is -0.494 e. The smallest absolute Gasteiger partial charge is 0.119 e. The van der Waals surface area contributed by atoms with Crippen molar-refractivity contribution >= 4 is 11.8 Å². The number of hydrogen-bond donors (Lipinski definition) is 1. The Labute approximate surface area is 114 Å². The van der Waals surface area contributed by atoms with Crippen LogP contribution in [0, 0.1) is 0 Å². The van der Waals surface area contributed by atoms with E-state index in [1.54, 1.807) is 0 Å². The van der Waals surface area contributed by atoms with E-state index in [0.717, 1.165) is 31.9 Å². The Morgan fingerprint density at radius 1 is 1.33 bits per heavy atom. The molecule has 1 atom stereocenters. The van der Waals surface area contributed by atoms with Crippen molar-refractivity contribution in [3.05, 3.63) is 30.3 Å². The highest BCUT2D eigenvalue weighted by atomic mass is 32.2. The predicted octanol–water partition coefficient (Wildman–Crippen LogP) is 3.33. The fourth-order valence-corrected chi connectivity index (χ4v) is 3.51. The summed E-state index contributed by atoms with van der Waals surface area (Å²) in [6.45, 7) is 5.34. The van der Waals surface area contributed by atoms with Crippen LogP contribution in [0.3, 0.4) is 0 Å². The molecule has 1 aliphatic heterocycles. The predicted molar refractivity (Wildman–Crippen MR) is 79.5 cm³/mol. The first-order chi connectivity index (χ1) is 8.79. The first-order valence-corrected chi connectivity index (χ1v) is 7.80. The van der Waals surface area contributed by atoms with Crippen LogP contribution < -0.4 is 10.1 Å². The van der Waals surface area contributed by atoms with Crippen molar-refractivity contribution in [2.24, 2.45) is 0 Å². The van der Waals surface area contributed by atoms with E-state index < -0.39 is 0 Å². The molecule has 0 aromatic heterocycles. The van der Waals surface area contributed by atoms with Crippen LogP contribution >= 0.6 is 11.8 Å². The topological polar surface area (TPSA) is 21.3 Å². The average Bonchev–Trinajstić information content (AvgIpc) is 2.82. The van der Waals surface area contributed by atoms with Crippen LogP contribution in [0.15, 0.2) is 30.3 Å². The van der Waals surface area contributed by atoms with E-state index in [0.29, 0.717) is 4.75 Å². The largest absolute Gasteiger partial charge is 0.494 e. The number of para-hydroxylation sites is 1. The number of nitrogens with one attached hydrogen (secondary N) is 1. The van der Waals surface area contributed by atoms with Gasteiger partial charge in [0.2, 0.25) is 0 Å². The number of rotatable bonds is 7. The molecule has 0 amide bonds. The van der Waals surface area contributed by atoms with Crippen molar-refractivity contribution in [2.75, 3.05) is 25.4 Å². The second-order valence-corrected chi connectivity index (χ2v) is 6.78. The number of thioether (sulfide) groups is 1. The monoisotopic (exact) mass is 265 g/mol. The lowest BCUT2D eigenvalue weighted by Crippen LogP contribution is -2.33. The first-order valence-electron chi connectivity index (χ1n) is 6.81. The summed E-state index contributed by atoms with van der Waals surface area (Å²) in [6.07, 6.45) is 3.79. The molecule has 2 nitrogen and oxygen atoms in total. The first kappa shape index (κ1) is 13.8. The maximum atomic E-state index is 5.66. The molecule has 0 spiro atoms. The van der Waals surface area contributed by atoms with Crippen molar-refractivity contribution in [3.8, 4) is 5.75 Å². The standard InChI is InChI=1S/C15H23NOS/c1-15(9-5-12-18-15)13-16-10-6-11-17-14-7-3-2-4-8-14/h2-4,7-8,16H,5-6,9-13H2,1H3. The Kier molecular flexibility index (Phi) is 5.39. The van der Waals surface area contributed by atoms with Gasteiger partial charge in [0, 0.05) is 11.3 Å². The molecule has 2 rings (SSSR count). The van der Waals surface area contributed by atoms with Gasteiger partial charge in [0.1, 0.15) is 5.75 Å². The third-order valence-corrected chi connectivity index (χ3v) is 4.85. The van der Waals surface area contributed by atoms with Gasteiger partial charge in [-0.05, 0) is 50.6 Å². The Bertz CT molecular complexity index is 336. The van der Waals surface area contributed by atoms with Gasteiger partial charge in [-0.25, -0.2) is 0 Å². The minimum atomic E-state index is 0.473. The van der Waals surface area contributed by atoms with E-state index in [4.69, 9.17) is 4.74 Å². The van der Waals surface area contributed by atoms with Gasteiger partial charge in [-0.1, -0.05) is 18.2 Å². The Hall–Kier alpha value is -0.670. The van der Waals surface area contributed by atoms with Crippen molar-refractivity contribution < 1.29 is 4.74 Å². The Balaban J connectivity index is 1.51. The zero-order valence-corrected chi connectivity index (χ0v) is 12.0. The maximum absolute atomic E-state index is 5.66. The second kappa shape index (κ2) is 7.05. The fourth-order valence-electron chi connectivity index (χ4n) is 2.23. The summed E-state index contributed by atoms with van der Waals surface area (Å²) >= 11 is 2.11. The van der Waals surface area contributed by atoms with E-state index in [-0.39, 0.29) is 0 Å². The summed E-state index contributed by atoms with van der Waals surface area (Å²) < 4.78 is 6.13. The maximum Gasteiger partial charge on any atom is 0.119 e. The molecule has 0 radical (unpaired) electrons. The van der Waals surface area contributed by atoms with E-state index in [2.05, 4.69) is 24.0 Å². The highest BCUT2D eigenvalue weighted by Crippen LogP contribution is 2.36. The summed E-state index contributed by atoms with van der Waals surface area (Å²) in [5, 5.41) is 3.55.